The van der Waals surface area contributed by atoms with Crippen molar-refractivity contribution in [2.45, 2.75) is 33.1 Å². The van der Waals surface area contributed by atoms with E-state index in [1.54, 1.807) is 6.92 Å². The lowest BCUT2D eigenvalue weighted by Crippen LogP contribution is -2.36. The minimum atomic E-state index is -0.566. The molecule has 0 N–H and O–H groups in total. The molecule has 0 heterocycles. The van der Waals surface area contributed by atoms with E-state index < -0.39 is 6.09 Å². The Kier molecular flexibility index (Phi) is 5.93. The van der Waals surface area contributed by atoms with E-state index in [9.17, 15) is 9.59 Å². The summed E-state index contributed by atoms with van der Waals surface area (Å²) in [5.74, 6) is -0.156. The molecule has 4 nitrogen and oxygen atoms in total. The number of ether oxygens (including phenoxy) is 1. The van der Waals surface area contributed by atoms with Gasteiger partial charge in [0.1, 0.15) is 0 Å². The number of nitrogens with zero attached hydrogens (tertiary/aromatic N) is 1. The highest BCUT2D eigenvalue weighted by atomic mass is 16.5. The molecule has 0 radical (unpaired) electrons. The Balaban J connectivity index is 4.07. The molecular formula is C9H17NO3. The van der Waals surface area contributed by atoms with Crippen molar-refractivity contribution in [1.82, 2.24) is 4.90 Å². The lowest BCUT2D eigenvalue weighted by molar-refractivity contribution is -0.129. The fraction of sp³-hybridized carbons (Fsp3) is 0.778. The zero-order chi connectivity index (χ0) is 10.3. The molecule has 13 heavy (non-hydrogen) atoms. The summed E-state index contributed by atoms with van der Waals surface area (Å²) in [7, 11) is 1.28. The van der Waals surface area contributed by atoms with Gasteiger partial charge in [-0.3, -0.25) is 4.79 Å². The zero-order valence-corrected chi connectivity index (χ0v) is 8.50. The van der Waals surface area contributed by atoms with Crippen molar-refractivity contribution < 1.29 is 14.3 Å². The largest absolute Gasteiger partial charge is 0.452 e. The minimum absolute atomic E-state index is 0.156. The lowest BCUT2D eigenvalue weighted by atomic mass is 10.2. The first kappa shape index (κ1) is 11.9. The smallest absolute Gasteiger partial charge is 0.416 e. The molecule has 0 aromatic heterocycles. The van der Waals surface area contributed by atoms with Crippen LogP contribution < -0.4 is 0 Å². The lowest BCUT2D eigenvalue weighted by Gasteiger charge is -2.16. The summed E-state index contributed by atoms with van der Waals surface area (Å²) in [5, 5.41) is 0. The Morgan fingerprint density at radius 2 is 1.92 bits per heavy atom. The third kappa shape index (κ3) is 3.92. The molecule has 0 aromatic carbocycles. The second-order valence-electron chi connectivity index (χ2n) is 2.71. The van der Waals surface area contributed by atoms with Crippen LogP contribution in [0.3, 0.4) is 0 Å². The summed E-state index contributed by atoms with van der Waals surface area (Å²) in [4.78, 5) is 23.5. The molecule has 0 fully saturated rings. The highest BCUT2D eigenvalue weighted by Gasteiger charge is 2.18. The van der Waals surface area contributed by atoms with Gasteiger partial charge in [0.15, 0.2) is 0 Å². The summed E-state index contributed by atoms with van der Waals surface area (Å²) in [6.07, 6.45) is 1.61. The second-order valence-corrected chi connectivity index (χ2v) is 2.71. The van der Waals surface area contributed by atoms with Crippen molar-refractivity contribution in [1.29, 1.82) is 0 Å². The van der Waals surface area contributed by atoms with Crippen LogP contribution in [-0.4, -0.2) is 30.6 Å². The zero-order valence-electron chi connectivity index (χ0n) is 8.50. The van der Waals surface area contributed by atoms with Crippen molar-refractivity contribution in [3.05, 3.63) is 0 Å². The Labute approximate surface area is 78.9 Å². The minimum Gasteiger partial charge on any atom is -0.452 e. The topological polar surface area (TPSA) is 46.6 Å². The van der Waals surface area contributed by atoms with Gasteiger partial charge in [-0.2, -0.15) is 0 Å². The molecule has 2 amide bonds. The summed E-state index contributed by atoms with van der Waals surface area (Å²) >= 11 is 0. The highest BCUT2D eigenvalue weighted by Crippen LogP contribution is 2.02. The van der Waals surface area contributed by atoms with Crippen molar-refractivity contribution >= 4 is 12.0 Å². The Bertz CT molecular complexity index is 180. The van der Waals surface area contributed by atoms with Crippen LogP contribution in [0.25, 0.3) is 0 Å². The van der Waals surface area contributed by atoms with Crippen LogP contribution in [0.5, 0.6) is 0 Å². The van der Waals surface area contributed by atoms with Gasteiger partial charge in [-0.05, 0) is 13.3 Å². The summed E-state index contributed by atoms with van der Waals surface area (Å²) < 4.78 is 4.47. The summed E-state index contributed by atoms with van der Waals surface area (Å²) in [6.45, 7) is 4.12. The number of carbonyl (C=O) groups is 2. The van der Waals surface area contributed by atoms with Crippen molar-refractivity contribution in [3.63, 3.8) is 0 Å². The van der Waals surface area contributed by atoms with Crippen molar-refractivity contribution in [3.8, 4) is 0 Å². The standard InChI is InChI=1S/C9H17NO3/c1-4-6-7-8(11)10(5-2)9(12)13-3/h4-7H2,1-3H3. The number of hydrogen-bond donors (Lipinski definition) is 0. The first-order chi connectivity index (χ1) is 6.17. The molecule has 0 aliphatic heterocycles. The number of unbranched alkanes of at least 4 members (excludes halogenated alkanes) is 1. The Hall–Kier alpha value is -1.06. The molecule has 0 bridgehead atoms. The molecular weight excluding hydrogens is 170 g/mol. The van der Waals surface area contributed by atoms with Gasteiger partial charge in [0.05, 0.1) is 7.11 Å². The van der Waals surface area contributed by atoms with Gasteiger partial charge in [-0.1, -0.05) is 13.3 Å². The molecule has 0 aromatic rings. The van der Waals surface area contributed by atoms with Crippen LogP contribution in [0.1, 0.15) is 33.1 Å². The maximum Gasteiger partial charge on any atom is 0.416 e. The molecule has 76 valence electrons. The monoisotopic (exact) mass is 187 g/mol. The van der Waals surface area contributed by atoms with Crippen LogP contribution in [0, 0.1) is 0 Å². The fourth-order valence-electron chi connectivity index (χ4n) is 0.980. The number of methoxy groups -OCH3 is 1. The quantitative estimate of drug-likeness (QED) is 0.674. The predicted octanol–water partition coefficient (Wildman–Crippen LogP) is 1.79. The SMILES string of the molecule is CCCCC(=O)N(CC)C(=O)OC. The van der Waals surface area contributed by atoms with Gasteiger partial charge in [0, 0.05) is 13.0 Å². The molecule has 0 rings (SSSR count). The molecule has 0 spiro atoms. The van der Waals surface area contributed by atoms with E-state index in [4.69, 9.17) is 0 Å². The van der Waals surface area contributed by atoms with Crippen molar-refractivity contribution in [2.75, 3.05) is 13.7 Å². The van der Waals surface area contributed by atoms with Crippen LogP contribution in [0.15, 0.2) is 0 Å². The molecule has 0 atom stereocenters. The average molecular weight is 187 g/mol. The number of carbonyl (C=O) groups excluding carboxylic acids is 2. The third-order valence-electron chi connectivity index (χ3n) is 1.76. The third-order valence-corrected chi connectivity index (χ3v) is 1.76. The van der Waals surface area contributed by atoms with E-state index in [-0.39, 0.29) is 5.91 Å². The van der Waals surface area contributed by atoms with Gasteiger partial charge in [0.25, 0.3) is 0 Å². The summed E-state index contributed by atoms with van der Waals surface area (Å²) in [5.41, 5.74) is 0. The number of rotatable bonds is 4. The van der Waals surface area contributed by atoms with E-state index in [0.717, 1.165) is 17.7 Å². The molecule has 0 unspecified atom stereocenters. The molecule has 0 aliphatic carbocycles. The fourth-order valence-corrected chi connectivity index (χ4v) is 0.980. The maximum absolute atomic E-state index is 11.4. The number of hydrogen-bond acceptors (Lipinski definition) is 3. The Morgan fingerprint density at radius 3 is 2.31 bits per heavy atom. The molecule has 0 aliphatic rings. The van der Waals surface area contributed by atoms with Crippen LogP contribution in [0.2, 0.25) is 0 Å². The normalized spacial score (nSPS) is 9.46. The second kappa shape index (κ2) is 6.46. The van der Waals surface area contributed by atoms with E-state index in [1.807, 2.05) is 6.92 Å². The average Bonchev–Trinajstić information content (AvgIpc) is 2.15. The van der Waals surface area contributed by atoms with E-state index >= 15 is 0 Å². The van der Waals surface area contributed by atoms with Gasteiger partial charge in [-0.15, -0.1) is 0 Å². The maximum atomic E-state index is 11.4. The van der Waals surface area contributed by atoms with Gasteiger partial charge in [0.2, 0.25) is 5.91 Å². The summed E-state index contributed by atoms with van der Waals surface area (Å²) in [6, 6.07) is 0. The van der Waals surface area contributed by atoms with Crippen LogP contribution in [-0.2, 0) is 9.53 Å². The first-order valence-electron chi connectivity index (χ1n) is 4.55. The van der Waals surface area contributed by atoms with Crippen LogP contribution >= 0.6 is 0 Å². The molecule has 0 saturated heterocycles. The Morgan fingerprint density at radius 1 is 1.31 bits per heavy atom. The first-order valence-corrected chi connectivity index (χ1v) is 4.55. The molecule has 4 heteroatoms. The van der Waals surface area contributed by atoms with Crippen molar-refractivity contribution in [2.24, 2.45) is 0 Å². The van der Waals surface area contributed by atoms with E-state index in [2.05, 4.69) is 4.74 Å². The van der Waals surface area contributed by atoms with Gasteiger partial charge >= 0.3 is 6.09 Å². The number of imide groups is 1. The highest BCUT2D eigenvalue weighted by molar-refractivity contribution is 5.91. The van der Waals surface area contributed by atoms with E-state index in [0.29, 0.717) is 13.0 Å². The van der Waals surface area contributed by atoms with Gasteiger partial charge in [-0.25, -0.2) is 9.69 Å². The van der Waals surface area contributed by atoms with Crippen LogP contribution in [0.4, 0.5) is 4.79 Å². The predicted molar refractivity (Wildman–Crippen MR) is 49.3 cm³/mol. The number of amides is 2. The van der Waals surface area contributed by atoms with E-state index in [1.165, 1.54) is 7.11 Å². The van der Waals surface area contributed by atoms with Gasteiger partial charge < -0.3 is 4.74 Å². The molecule has 0 saturated carbocycles.